The van der Waals surface area contributed by atoms with Gasteiger partial charge in [-0.25, -0.2) is 0 Å². The van der Waals surface area contributed by atoms with E-state index >= 15 is 0 Å². The fraction of sp³-hybridized carbons (Fsp3) is 0.944. The van der Waals surface area contributed by atoms with Gasteiger partial charge in [-0.1, -0.05) is 0 Å². The molecule has 7 heteroatoms. The van der Waals surface area contributed by atoms with Crippen molar-refractivity contribution in [3.63, 3.8) is 0 Å². The zero-order chi connectivity index (χ0) is 18.1. The van der Waals surface area contributed by atoms with E-state index in [1.54, 1.807) is 0 Å². The first-order chi connectivity index (χ1) is 12.1. The van der Waals surface area contributed by atoms with E-state index in [0.717, 1.165) is 58.3 Å². The second-order valence-electron chi connectivity index (χ2n) is 7.36. The quantitative estimate of drug-likeness (QED) is 0.433. The molecule has 3 N–H and O–H groups in total. The number of aliphatic hydroxyl groups is 1. The lowest BCUT2D eigenvalue weighted by Gasteiger charge is -2.38. The van der Waals surface area contributed by atoms with Crippen LogP contribution in [-0.2, 0) is 9.47 Å². The van der Waals surface area contributed by atoms with Crippen molar-refractivity contribution < 1.29 is 14.6 Å². The molecular formula is C18H36N4O3. The summed E-state index contributed by atoms with van der Waals surface area (Å²) < 4.78 is 11.1. The molecule has 2 heterocycles. The van der Waals surface area contributed by atoms with Crippen LogP contribution in [0.2, 0.25) is 0 Å². The highest BCUT2D eigenvalue weighted by Gasteiger charge is 2.34. The third-order valence-electron chi connectivity index (χ3n) is 5.29. The second-order valence-corrected chi connectivity index (χ2v) is 7.36. The Hall–Kier alpha value is -0.890. The third-order valence-corrected chi connectivity index (χ3v) is 5.29. The molecule has 0 aliphatic carbocycles. The molecule has 3 unspecified atom stereocenters. The van der Waals surface area contributed by atoms with Crippen LogP contribution < -0.4 is 10.6 Å². The van der Waals surface area contributed by atoms with Crippen LogP contribution in [0.1, 0.15) is 33.6 Å². The minimum Gasteiger partial charge on any atom is -0.396 e. The summed E-state index contributed by atoms with van der Waals surface area (Å²) in [5.41, 5.74) is -0.0125. The molecule has 0 bridgehead atoms. The van der Waals surface area contributed by atoms with Crippen LogP contribution in [-0.4, -0.2) is 87.3 Å². The summed E-state index contributed by atoms with van der Waals surface area (Å²) in [6.07, 6.45) is 1.72. The van der Waals surface area contributed by atoms with E-state index in [1.165, 1.54) is 0 Å². The summed E-state index contributed by atoms with van der Waals surface area (Å²) >= 11 is 0. The van der Waals surface area contributed by atoms with Gasteiger partial charge < -0.3 is 25.2 Å². The Bertz CT molecular complexity index is 413. The highest BCUT2D eigenvalue weighted by atomic mass is 16.5. The Kier molecular flexibility index (Phi) is 8.42. The van der Waals surface area contributed by atoms with Crippen LogP contribution in [0.25, 0.3) is 0 Å². The summed E-state index contributed by atoms with van der Waals surface area (Å²) in [5.74, 6) is 0.847. The Morgan fingerprint density at radius 3 is 2.84 bits per heavy atom. The molecule has 2 aliphatic heterocycles. The number of nitrogens with zero attached hydrogens (tertiary/aromatic N) is 2. The third kappa shape index (κ3) is 6.09. The molecule has 2 rings (SSSR count). The summed E-state index contributed by atoms with van der Waals surface area (Å²) in [5, 5.41) is 16.2. The van der Waals surface area contributed by atoms with Crippen molar-refractivity contribution in [1.29, 1.82) is 0 Å². The summed E-state index contributed by atoms with van der Waals surface area (Å²) in [6.45, 7) is 13.2. The summed E-state index contributed by atoms with van der Waals surface area (Å²) in [7, 11) is 0. The number of aliphatic hydroxyl groups excluding tert-OH is 1. The zero-order valence-corrected chi connectivity index (χ0v) is 16.1. The Balaban J connectivity index is 1.88. The van der Waals surface area contributed by atoms with Crippen molar-refractivity contribution >= 4 is 5.96 Å². The van der Waals surface area contributed by atoms with E-state index in [1.807, 2.05) is 0 Å². The highest BCUT2D eigenvalue weighted by molar-refractivity contribution is 5.79. The van der Waals surface area contributed by atoms with Crippen LogP contribution in [0.5, 0.6) is 0 Å². The van der Waals surface area contributed by atoms with Gasteiger partial charge in [0.05, 0.1) is 26.4 Å². The predicted molar refractivity (Wildman–Crippen MR) is 100 cm³/mol. The monoisotopic (exact) mass is 356 g/mol. The zero-order valence-electron chi connectivity index (χ0n) is 16.1. The minimum atomic E-state index is -0.0125. The Labute approximate surface area is 152 Å². The molecule has 25 heavy (non-hydrogen) atoms. The maximum atomic E-state index is 9.35. The normalized spacial score (nSPS) is 29.6. The van der Waals surface area contributed by atoms with E-state index in [4.69, 9.17) is 14.5 Å². The molecule has 2 saturated heterocycles. The minimum absolute atomic E-state index is 0.0125. The number of guanidine groups is 1. The molecule has 2 aliphatic rings. The van der Waals surface area contributed by atoms with Crippen molar-refractivity contribution in [3.8, 4) is 0 Å². The lowest BCUT2D eigenvalue weighted by Crippen LogP contribution is -2.53. The van der Waals surface area contributed by atoms with Crippen LogP contribution in [0.15, 0.2) is 4.99 Å². The first-order valence-corrected chi connectivity index (χ1v) is 9.64. The van der Waals surface area contributed by atoms with Gasteiger partial charge in [-0.05, 0) is 33.6 Å². The first kappa shape index (κ1) is 20.4. The SMILES string of the molecule is CCNC(=NCC1(CCO)CCOC1)NCC(C)N1CCOCC1C. The molecule has 0 saturated carbocycles. The van der Waals surface area contributed by atoms with E-state index in [2.05, 4.69) is 36.3 Å². The number of ether oxygens (including phenoxy) is 2. The van der Waals surface area contributed by atoms with Gasteiger partial charge >= 0.3 is 0 Å². The van der Waals surface area contributed by atoms with Crippen molar-refractivity contribution in [2.24, 2.45) is 10.4 Å². The summed E-state index contributed by atoms with van der Waals surface area (Å²) in [6, 6.07) is 0.873. The van der Waals surface area contributed by atoms with Crippen LogP contribution in [0, 0.1) is 5.41 Å². The van der Waals surface area contributed by atoms with Gasteiger partial charge in [-0.3, -0.25) is 9.89 Å². The van der Waals surface area contributed by atoms with Crippen LogP contribution in [0.4, 0.5) is 0 Å². The van der Waals surface area contributed by atoms with Crippen molar-refractivity contribution in [2.45, 2.75) is 45.7 Å². The number of hydrogen-bond acceptors (Lipinski definition) is 5. The molecule has 0 aromatic carbocycles. The molecule has 146 valence electrons. The van der Waals surface area contributed by atoms with Gasteiger partial charge in [-0.15, -0.1) is 0 Å². The molecule has 0 aromatic rings. The molecule has 0 spiro atoms. The number of nitrogens with one attached hydrogen (secondary N) is 2. The van der Waals surface area contributed by atoms with E-state index in [-0.39, 0.29) is 12.0 Å². The van der Waals surface area contributed by atoms with Gasteiger partial charge in [0.25, 0.3) is 0 Å². The topological polar surface area (TPSA) is 78.4 Å². The lowest BCUT2D eigenvalue weighted by molar-refractivity contribution is -0.0174. The molecule has 0 amide bonds. The largest absolute Gasteiger partial charge is 0.396 e. The molecule has 3 atom stereocenters. The second kappa shape index (κ2) is 10.3. The van der Waals surface area contributed by atoms with Crippen LogP contribution in [0.3, 0.4) is 0 Å². The fourth-order valence-corrected chi connectivity index (χ4v) is 3.63. The maximum absolute atomic E-state index is 9.35. The van der Waals surface area contributed by atoms with Crippen molar-refractivity contribution in [2.75, 3.05) is 59.2 Å². The van der Waals surface area contributed by atoms with Crippen molar-refractivity contribution in [1.82, 2.24) is 15.5 Å². The summed E-state index contributed by atoms with van der Waals surface area (Å²) in [4.78, 5) is 7.27. The predicted octanol–water partition coefficient (Wildman–Crippen LogP) is 0.440. The Morgan fingerprint density at radius 2 is 2.20 bits per heavy atom. The van der Waals surface area contributed by atoms with Gasteiger partial charge in [0.2, 0.25) is 0 Å². The maximum Gasteiger partial charge on any atom is 0.191 e. The van der Waals surface area contributed by atoms with Crippen LogP contribution >= 0.6 is 0 Å². The Morgan fingerprint density at radius 1 is 1.36 bits per heavy atom. The van der Waals surface area contributed by atoms with Crippen molar-refractivity contribution in [3.05, 3.63) is 0 Å². The van der Waals surface area contributed by atoms with E-state index in [0.29, 0.717) is 25.2 Å². The molecule has 2 fully saturated rings. The molecule has 0 aromatic heterocycles. The standard InChI is InChI=1S/C18H36N4O3/c1-4-19-17(21-13-18(5-8-23)6-9-25-14-18)20-11-15(2)22-7-10-24-12-16(22)3/h15-16,23H,4-14H2,1-3H3,(H2,19,20,21). The van der Waals surface area contributed by atoms with Gasteiger partial charge in [0.1, 0.15) is 0 Å². The number of hydrogen-bond donors (Lipinski definition) is 3. The number of morpholine rings is 1. The molecule has 0 radical (unpaired) electrons. The van der Waals surface area contributed by atoms with E-state index < -0.39 is 0 Å². The van der Waals surface area contributed by atoms with Gasteiger partial charge in [0, 0.05) is 50.3 Å². The number of rotatable bonds is 8. The van der Waals surface area contributed by atoms with E-state index in [9.17, 15) is 5.11 Å². The first-order valence-electron chi connectivity index (χ1n) is 9.64. The van der Waals surface area contributed by atoms with Gasteiger partial charge in [-0.2, -0.15) is 0 Å². The lowest BCUT2D eigenvalue weighted by atomic mass is 9.84. The highest BCUT2D eigenvalue weighted by Crippen LogP contribution is 2.32. The molecule has 7 nitrogen and oxygen atoms in total. The average Bonchev–Trinajstić information content (AvgIpc) is 3.07. The number of aliphatic imine (C=N–C) groups is 1. The fourth-order valence-electron chi connectivity index (χ4n) is 3.63. The van der Waals surface area contributed by atoms with Gasteiger partial charge in [0.15, 0.2) is 5.96 Å². The smallest absolute Gasteiger partial charge is 0.191 e. The average molecular weight is 357 g/mol. The molecular weight excluding hydrogens is 320 g/mol.